The van der Waals surface area contributed by atoms with Crippen molar-refractivity contribution in [3.8, 4) is 17.1 Å². The highest BCUT2D eigenvalue weighted by atomic mass is 19.1. The first-order valence-electron chi connectivity index (χ1n) is 8.75. The number of hydrogen-bond acceptors (Lipinski definition) is 5. The van der Waals surface area contributed by atoms with Crippen molar-refractivity contribution in [2.45, 2.75) is 19.8 Å². The minimum Gasteiger partial charge on any atom is -0.494 e. The Morgan fingerprint density at radius 2 is 1.89 bits per heavy atom. The highest BCUT2D eigenvalue weighted by Gasteiger charge is 2.09. The smallest absolute Gasteiger partial charge is 0.251 e. The highest BCUT2D eigenvalue weighted by molar-refractivity contribution is 5.94. The molecule has 7 heteroatoms. The monoisotopic (exact) mass is 369 g/mol. The van der Waals surface area contributed by atoms with Crippen LogP contribution in [0.4, 0.5) is 4.39 Å². The fourth-order valence-electron chi connectivity index (χ4n) is 2.49. The standard InChI is InChI=1S/C20H20FN3O3/c1-2-26-17-11-7-15(8-12-17)20(25)22-13-3-4-18-23-19(24-27-18)14-5-9-16(21)10-6-14/h5-12H,2-4,13H2,1H3,(H,22,25). The van der Waals surface area contributed by atoms with Gasteiger partial charge in [0.05, 0.1) is 6.61 Å². The van der Waals surface area contributed by atoms with E-state index in [0.29, 0.717) is 48.8 Å². The Hall–Kier alpha value is -3.22. The topological polar surface area (TPSA) is 77.2 Å². The van der Waals surface area contributed by atoms with Crippen molar-refractivity contribution in [1.29, 1.82) is 0 Å². The first-order valence-corrected chi connectivity index (χ1v) is 8.75. The van der Waals surface area contributed by atoms with Gasteiger partial charge in [-0.2, -0.15) is 4.98 Å². The molecule has 2 aromatic carbocycles. The second-order valence-corrected chi connectivity index (χ2v) is 5.84. The SMILES string of the molecule is CCOc1ccc(C(=O)NCCCc2nc(-c3ccc(F)cc3)no2)cc1. The summed E-state index contributed by atoms with van der Waals surface area (Å²) in [6.07, 6.45) is 1.20. The van der Waals surface area contributed by atoms with Gasteiger partial charge in [0.15, 0.2) is 0 Å². The van der Waals surface area contributed by atoms with Crippen LogP contribution in [0.2, 0.25) is 0 Å². The van der Waals surface area contributed by atoms with Gasteiger partial charge >= 0.3 is 0 Å². The number of carbonyl (C=O) groups excluding carboxylic acids is 1. The molecule has 3 aromatic rings. The number of ether oxygens (including phenoxy) is 1. The lowest BCUT2D eigenvalue weighted by Crippen LogP contribution is -2.24. The molecule has 27 heavy (non-hydrogen) atoms. The molecular formula is C20H20FN3O3. The molecule has 140 valence electrons. The molecule has 1 N–H and O–H groups in total. The number of benzene rings is 2. The lowest BCUT2D eigenvalue weighted by Gasteiger charge is -2.06. The molecule has 1 heterocycles. The molecule has 0 fully saturated rings. The van der Waals surface area contributed by atoms with Gasteiger partial charge < -0.3 is 14.6 Å². The normalized spacial score (nSPS) is 10.6. The third-order valence-corrected chi connectivity index (χ3v) is 3.85. The number of aromatic nitrogens is 2. The van der Waals surface area contributed by atoms with Gasteiger partial charge in [0.25, 0.3) is 5.91 Å². The van der Waals surface area contributed by atoms with Crippen molar-refractivity contribution >= 4 is 5.91 Å². The van der Waals surface area contributed by atoms with Gasteiger partial charge in [-0.3, -0.25) is 4.79 Å². The first-order chi connectivity index (χ1) is 13.2. The lowest BCUT2D eigenvalue weighted by molar-refractivity contribution is 0.0953. The molecule has 0 aliphatic carbocycles. The largest absolute Gasteiger partial charge is 0.494 e. The van der Waals surface area contributed by atoms with E-state index < -0.39 is 0 Å². The molecule has 0 bridgehead atoms. The molecular weight excluding hydrogens is 349 g/mol. The van der Waals surface area contributed by atoms with E-state index in [9.17, 15) is 9.18 Å². The van der Waals surface area contributed by atoms with Crippen LogP contribution in [0.5, 0.6) is 5.75 Å². The van der Waals surface area contributed by atoms with E-state index in [-0.39, 0.29) is 11.7 Å². The zero-order valence-corrected chi connectivity index (χ0v) is 14.9. The molecule has 0 atom stereocenters. The third-order valence-electron chi connectivity index (χ3n) is 3.85. The lowest BCUT2D eigenvalue weighted by atomic mass is 10.2. The second-order valence-electron chi connectivity index (χ2n) is 5.84. The van der Waals surface area contributed by atoms with Gasteiger partial charge in [0.1, 0.15) is 11.6 Å². The number of nitrogens with one attached hydrogen (secondary N) is 1. The Morgan fingerprint density at radius 3 is 2.59 bits per heavy atom. The molecule has 0 radical (unpaired) electrons. The van der Waals surface area contributed by atoms with E-state index >= 15 is 0 Å². The van der Waals surface area contributed by atoms with Gasteiger partial charge in [-0.05, 0) is 61.9 Å². The molecule has 0 spiro atoms. The van der Waals surface area contributed by atoms with Crippen LogP contribution >= 0.6 is 0 Å². The zero-order chi connectivity index (χ0) is 19.1. The predicted octanol–water partition coefficient (Wildman–Crippen LogP) is 3.64. The molecule has 6 nitrogen and oxygen atoms in total. The van der Waals surface area contributed by atoms with E-state index in [4.69, 9.17) is 9.26 Å². The number of rotatable bonds is 8. The van der Waals surface area contributed by atoms with Crippen molar-refractivity contribution < 1.29 is 18.4 Å². The van der Waals surface area contributed by atoms with Gasteiger partial charge in [-0.25, -0.2) is 4.39 Å². The van der Waals surface area contributed by atoms with E-state index in [1.165, 1.54) is 12.1 Å². The van der Waals surface area contributed by atoms with Crippen molar-refractivity contribution in [3.63, 3.8) is 0 Å². The van der Waals surface area contributed by atoms with E-state index in [2.05, 4.69) is 15.5 Å². The van der Waals surface area contributed by atoms with Crippen LogP contribution in [0.1, 0.15) is 29.6 Å². The maximum absolute atomic E-state index is 13.0. The Labute approximate surface area is 156 Å². The summed E-state index contributed by atoms with van der Waals surface area (Å²) in [5.41, 5.74) is 1.27. The van der Waals surface area contributed by atoms with E-state index in [1.807, 2.05) is 6.92 Å². The molecule has 0 aliphatic rings. The van der Waals surface area contributed by atoms with Crippen molar-refractivity contribution in [1.82, 2.24) is 15.5 Å². The Morgan fingerprint density at radius 1 is 1.15 bits per heavy atom. The van der Waals surface area contributed by atoms with Crippen LogP contribution < -0.4 is 10.1 Å². The quantitative estimate of drug-likeness (QED) is 0.614. The van der Waals surface area contributed by atoms with Crippen LogP contribution in [0, 0.1) is 5.82 Å². The first kappa shape index (κ1) is 18.6. The van der Waals surface area contributed by atoms with Gasteiger partial charge in [-0.15, -0.1) is 0 Å². The molecule has 0 unspecified atom stereocenters. The van der Waals surface area contributed by atoms with Crippen molar-refractivity contribution in [2.75, 3.05) is 13.2 Å². The molecule has 3 rings (SSSR count). The van der Waals surface area contributed by atoms with Gasteiger partial charge in [0, 0.05) is 24.1 Å². The Bertz CT molecular complexity index is 876. The number of carbonyl (C=O) groups is 1. The van der Waals surface area contributed by atoms with Crippen LogP contribution in [-0.2, 0) is 6.42 Å². The van der Waals surface area contributed by atoms with E-state index in [0.717, 1.165) is 5.75 Å². The molecule has 1 amide bonds. The maximum atomic E-state index is 13.0. The van der Waals surface area contributed by atoms with Crippen LogP contribution in [0.15, 0.2) is 53.1 Å². The molecule has 0 saturated carbocycles. The van der Waals surface area contributed by atoms with Crippen molar-refractivity contribution in [3.05, 3.63) is 65.8 Å². The minimum atomic E-state index is -0.314. The summed E-state index contributed by atoms with van der Waals surface area (Å²) in [4.78, 5) is 16.4. The maximum Gasteiger partial charge on any atom is 0.251 e. The summed E-state index contributed by atoms with van der Waals surface area (Å²) in [5.74, 6) is 1.18. The Balaban J connectivity index is 1.44. The van der Waals surface area contributed by atoms with Gasteiger partial charge in [-0.1, -0.05) is 5.16 Å². The summed E-state index contributed by atoms with van der Waals surface area (Å²) < 4.78 is 23.5. The number of nitrogens with zero attached hydrogens (tertiary/aromatic N) is 2. The fourth-order valence-corrected chi connectivity index (χ4v) is 2.49. The Kier molecular flexibility index (Phi) is 6.14. The number of amides is 1. The third kappa shape index (κ3) is 5.13. The number of hydrogen-bond donors (Lipinski definition) is 1. The summed E-state index contributed by atoms with van der Waals surface area (Å²) in [5, 5.41) is 6.75. The summed E-state index contributed by atoms with van der Waals surface area (Å²) in [7, 11) is 0. The predicted molar refractivity (Wildman–Crippen MR) is 98.0 cm³/mol. The van der Waals surface area contributed by atoms with Gasteiger partial charge in [0.2, 0.25) is 11.7 Å². The zero-order valence-electron chi connectivity index (χ0n) is 14.9. The molecule has 1 aromatic heterocycles. The summed E-state index contributed by atoms with van der Waals surface area (Å²) in [6, 6.07) is 12.9. The second kappa shape index (κ2) is 8.93. The summed E-state index contributed by atoms with van der Waals surface area (Å²) >= 11 is 0. The average molecular weight is 369 g/mol. The summed E-state index contributed by atoms with van der Waals surface area (Å²) in [6.45, 7) is 2.98. The molecule has 0 aliphatic heterocycles. The van der Waals surface area contributed by atoms with Crippen LogP contribution in [0.3, 0.4) is 0 Å². The fraction of sp³-hybridized carbons (Fsp3) is 0.250. The highest BCUT2D eigenvalue weighted by Crippen LogP contribution is 2.16. The van der Waals surface area contributed by atoms with E-state index in [1.54, 1.807) is 36.4 Å². The van der Waals surface area contributed by atoms with Crippen LogP contribution in [0.25, 0.3) is 11.4 Å². The molecule has 0 saturated heterocycles. The minimum absolute atomic E-state index is 0.143. The average Bonchev–Trinajstić information content (AvgIpc) is 3.15. The van der Waals surface area contributed by atoms with Crippen molar-refractivity contribution in [2.24, 2.45) is 0 Å². The number of aryl methyl sites for hydroxylation is 1. The number of halogens is 1. The van der Waals surface area contributed by atoms with Crippen LogP contribution in [-0.4, -0.2) is 29.2 Å².